The lowest BCUT2D eigenvalue weighted by molar-refractivity contribution is -0.157. The number of amides is 2. The third-order valence-electron chi connectivity index (χ3n) is 7.39. The molecule has 0 aromatic rings. The summed E-state index contributed by atoms with van der Waals surface area (Å²) in [4.78, 5) is 37.5. The topological polar surface area (TPSA) is 125 Å². The number of carbonyl (C=O) groups is 3. The van der Waals surface area contributed by atoms with Gasteiger partial charge in [0.25, 0.3) is 0 Å². The first kappa shape index (κ1) is 42.8. The summed E-state index contributed by atoms with van der Waals surface area (Å²) in [5.74, 6) is 0.357. The molecule has 266 valence electrons. The van der Waals surface area contributed by atoms with Crippen LogP contribution in [0, 0.1) is 0 Å². The molecule has 0 saturated carbocycles. The van der Waals surface area contributed by atoms with Crippen molar-refractivity contribution in [2.75, 3.05) is 25.5 Å². The molecular weight excluding hydrogens is 633 g/mol. The van der Waals surface area contributed by atoms with Crippen LogP contribution in [0.25, 0.3) is 0 Å². The minimum Gasteiger partial charge on any atom is -0.456 e. The molecule has 1 fully saturated rings. The number of unbranched alkanes of at least 4 members (excludes halogenated alkanes) is 3. The van der Waals surface area contributed by atoms with Crippen molar-refractivity contribution in [2.45, 2.75) is 127 Å². The van der Waals surface area contributed by atoms with E-state index in [0.29, 0.717) is 38.6 Å². The second-order valence-corrected chi connectivity index (χ2v) is 14.4. The van der Waals surface area contributed by atoms with E-state index < -0.39 is 31.3 Å². The summed E-state index contributed by atoms with van der Waals surface area (Å²) in [6.45, 7) is 1.64. The van der Waals surface area contributed by atoms with Crippen LogP contribution in [0.3, 0.4) is 0 Å². The van der Waals surface area contributed by atoms with E-state index in [1.165, 1.54) is 18.6 Å². The van der Waals surface area contributed by atoms with Crippen molar-refractivity contribution in [3.8, 4) is 0 Å². The first-order valence-corrected chi connectivity index (χ1v) is 19.9. The summed E-state index contributed by atoms with van der Waals surface area (Å²) < 4.78 is 5.18. The van der Waals surface area contributed by atoms with Crippen LogP contribution in [-0.2, 0) is 19.1 Å². The Morgan fingerprint density at radius 3 is 2.00 bits per heavy atom. The number of carbonyl (C=O) groups excluding carboxylic acids is 3. The molecule has 2 unspecified atom stereocenters. The van der Waals surface area contributed by atoms with Gasteiger partial charge in [-0.2, -0.15) is 0 Å². The van der Waals surface area contributed by atoms with Crippen LogP contribution in [0.15, 0.2) is 60.8 Å². The zero-order chi connectivity index (χ0) is 34.2. The first-order valence-electron chi connectivity index (χ1n) is 17.5. The summed E-state index contributed by atoms with van der Waals surface area (Å²) >= 11 is 0. The van der Waals surface area contributed by atoms with Gasteiger partial charge in [0.15, 0.2) is 0 Å². The van der Waals surface area contributed by atoms with Gasteiger partial charge in [-0.3, -0.25) is 9.59 Å². The molecule has 4 N–H and O–H groups in total. The molecule has 8 nitrogen and oxygen atoms in total. The number of hydrogen-bond donors (Lipinski definition) is 4. The van der Waals surface area contributed by atoms with Gasteiger partial charge in [0.2, 0.25) is 11.8 Å². The number of rotatable bonds is 28. The van der Waals surface area contributed by atoms with E-state index in [4.69, 9.17) is 4.74 Å². The average molecular weight is 693 g/mol. The van der Waals surface area contributed by atoms with Crippen LogP contribution in [0.4, 0.5) is 0 Å². The Hall–Kier alpha value is -2.27. The van der Waals surface area contributed by atoms with Gasteiger partial charge < -0.3 is 25.6 Å². The molecule has 1 aliphatic rings. The van der Waals surface area contributed by atoms with Gasteiger partial charge in [0, 0.05) is 30.4 Å². The fourth-order valence-electron chi connectivity index (χ4n) is 4.65. The summed E-state index contributed by atoms with van der Waals surface area (Å²) in [5.41, 5.74) is 0. The van der Waals surface area contributed by atoms with Crippen LogP contribution >= 0.6 is 21.6 Å². The molecule has 0 aromatic heterocycles. The SMILES string of the molecule is CCC=CCC=CCC=CCC=CCC=CCCCC(=O)NC(CCCCNC(=O)CCCCC1CCSS1)C(=O)OC(CO)CO. The Balaban J connectivity index is 2.26. The smallest absolute Gasteiger partial charge is 0.329 e. The minimum absolute atomic E-state index is 0.0453. The quantitative estimate of drug-likeness (QED) is 0.0292. The maximum absolute atomic E-state index is 12.7. The second-order valence-electron chi connectivity index (χ2n) is 11.6. The molecule has 0 aliphatic carbocycles. The molecule has 10 heteroatoms. The largest absolute Gasteiger partial charge is 0.456 e. The predicted octanol–water partition coefficient (Wildman–Crippen LogP) is 7.29. The number of nitrogens with one attached hydrogen (secondary N) is 2. The highest BCUT2D eigenvalue weighted by atomic mass is 33.1. The van der Waals surface area contributed by atoms with Gasteiger partial charge in [-0.05, 0) is 83.5 Å². The van der Waals surface area contributed by atoms with Crippen LogP contribution in [0.5, 0.6) is 0 Å². The van der Waals surface area contributed by atoms with Crippen LogP contribution < -0.4 is 10.6 Å². The van der Waals surface area contributed by atoms with Gasteiger partial charge in [-0.1, -0.05) is 95.7 Å². The molecule has 0 spiro atoms. The van der Waals surface area contributed by atoms with E-state index in [1.807, 2.05) is 21.6 Å². The zero-order valence-electron chi connectivity index (χ0n) is 28.5. The standard InChI is InChI=1S/C37H60N2O6S2/c1-2-3-4-5-6-7-8-9-10-11-12-13-14-15-16-17-18-26-36(43)39-34(37(44)45-32(30-40)31-41)24-21-22-28-38-35(42)25-20-19-23-33-27-29-46-47-33/h3-4,6-7,9-10,12-13,15-16,32-34,40-41H,2,5,8,11,14,17-31H2,1H3,(H,38,42)(H,39,43). The lowest BCUT2D eigenvalue weighted by Crippen LogP contribution is -2.44. The highest BCUT2D eigenvalue weighted by molar-refractivity contribution is 8.77. The van der Waals surface area contributed by atoms with Crippen molar-refractivity contribution in [3.63, 3.8) is 0 Å². The molecule has 2 amide bonds. The van der Waals surface area contributed by atoms with Gasteiger partial charge in [-0.25, -0.2) is 4.79 Å². The summed E-state index contributed by atoms with van der Waals surface area (Å²) in [6.07, 6.45) is 33.4. The fraction of sp³-hybridized carbons (Fsp3) is 0.649. The van der Waals surface area contributed by atoms with Crippen LogP contribution in [-0.4, -0.2) is 70.9 Å². The molecule has 0 bridgehead atoms. The van der Waals surface area contributed by atoms with Gasteiger partial charge in [0.05, 0.1) is 13.2 Å². The minimum atomic E-state index is -1.03. The molecule has 1 heterocycles. The molecule has 1 aliphatic heterocycles. The van der Waals surface area contributed by atoms with E-state index in [-0.39, 0.29) is 18.2 Å². The first-order chi connectivity index (χ1) is 23.0. The van der Waals surface area contributed by atoms with Crippen molar-refractivity contribution in [2.24, 2.45) is 0 Å². The molecule has 1 saturated heterocycles. The Labute approximate surface area is 291 Å². The van der Waals surface area contributed by atoms with Crippen molar-refractivity contribution in [1.29, 1.82) is 0 Å². The van der Waals surface area contributed by atoms with Gasteiger partial charge >= 0.3 is 5.97 Å². The van der Waals surface area contributed by atoms with E-state index in [9.17, 15) is 24.6 Å². The number of allylic oxidation sites excluding steroid dienone is 10. The number of esters is 1. The van der Waals surface area contributed by atoms with Gasteiger partial charge in [0.1, 0.15) is 12.1 Å². The monoisotopic (exact) mass is 692 g/mol. The molecule has 0 aromatic carbocycles. The lowest BCUT2D eigenvalue weighted by Gasteiger charge is -2.20. The number of ether oxygens (including phenoxy) is 1. The van der Waals surface area contributed by atoms with Gasteiger partial charge in [-0.15, -0.1) is 0 Å². The molecule has 0 radical (unpaired) electrons. The van der Waals surface area contributed by atoms with Crippen molar-refractivity contribution in [3.05, 3.63) is 60.8 Å². The highest BCUT2D eigenvalue weighted by Gasteiger charge is 2.24. The number of aliphatic hydroxyl groups is 2. The fourth-order valence-corrected chi connectivity index (χ4v) is 7.68. The third-order valence-corrected chi connectivity index (χ3v) is 10.4. The average Bonchev–Trinajstić information content (AvgIpc) is 3.60. The maximum Gasteiger partial charge on any atom is 0.329 e. The second kappa shape index (κ2) is 31.0. The molecule has 2 atom stereocenters. The number of hydrogen-bond acceptors (Lipinski definition) is 8. The Bertz CT molecular complexity index is 972. The van der Waals surface area contributed by atoms with Crippen molar-refractivity contribution >= 4 is 39.4 Å². The Kier molecular flexibility index (Phi) is 28.2. The predicted molar refractivity (Wildman–Crippen MR) is 198 cm³/mol. The summed E-state index contributed by atoms with van der Waals surface area (Å²) in [7, 11) is 3.91. The van der Waals surface area contributed by atoms with E-state index in [2.05, 4.69) is 78.3 Å². The van der Waals surface area contributed by atoms with Crippen molar-refractivity contribution in [1.82, 2.24) is 10.6 Å². The molecule has 1 rings (SSSR count). The number of aliphatic hydroxyl groups excluding tert-OH is 2. The Morgan fingerprint density at radius 1 is 0.787 bits per heavy atom. The normalized spacial score (nSPS) is 16.0. The highest BCUT2D eigenvalue weighted by Crippen LogP contribution is 2.39. The van der Waals surface area contributed by atoms with Crippen LogP contribution in [0.2, 0.25) is 0 Å². The molecule has 47 heavy (non-hydrogen) atoms. The lowest BCUT2D eigenvalue weighted by atomic mass is 10.1. The zero-order valence-corrected chi connectivity index (χ0v) is 30.1. The van der Waals surface area contributed by atoms with Crippen molar-refractivity contribution < 1.29 is 29.3 Å². The van der Waals surface area contributed by atoms with E-state index >= 15 is 0 Å². The van der Waals surface area contributed by atoms with E-state index in [0.717, 1.165) is 56.6 Å². The Morgan fingerprint density at radius 2 is 1.40 bits per heavy atom. The molecular formula is C37H60N2O6S2. The summed E-state index contributed by atoms with van der Waals surface area (Å²) in [5, 5.41) is 25.0. The van der Waals surface area contributed by atoms with E-state index in [1.54, 1.807) is 0 Å². The maximum atomic E-state index is 12.7. The third kappa shape index (κ3) is 25.4. The summed E-state index contributed by atoms with van der Waals surface area (Å²) in [6, 6.07) is -0.876. The van der Waals surface area contributed by atoms with Crippen LogP contribution in [0.1, 0.15) is 110 Å².